The number of nitrogens with zero attached hydrogens (tertiary/aromatic N) is 1. The molecule has 10 aromatic carbocycles. The topological polar surface area (TPSA) is 3.24 Å². The van der Waals surface area contributed by atoms with Gasteiger partial charge in [0.2, 0.25) is 0 Å². The van der Waals surface area contributed by atoms with Crippen LogP contribution in [0, 0.1) is 0 Å². The molecule has 0 aromatic heterocycles. The number of hydrogen-bond donors (Lipinski definition) is 0. The van der Waals surface area contributed by atoms with Crippen molar-refractivity contribution >= 4 is 49.4 Å². The number of benzene rings is 10. The Hall–Kier alpha value is -7.22. The van der Waals surface area contributed by atoms with Crippen LogP contribution < -0.4 is 4.90 Å². The maximum Gasteiger partial charge on any atom is 0.0546 e. The molecule has 0 amide bonds. The summed E-state index contributed by atoms with van der Waals surface area (Å²) >= 11 is 0. The van der Waals surface area contributed by atoms with E-state index in [9.17, 15) is 0 Å². The SMILES string of the molecule is c1ccc(-c2cccc(-c3ccc(N(c4ccc(-c5ccc6ccccc6c5)cc4)c4cc5ccccc5c5ccccc45)cc3-c3ccccc3)c2)cc1. The summed E-state index contributed by atoms with van der Waals surface area (Å²) in [4.78, 5) is 2.44. The summed E-state index contributed by atoms with van der Waals surface area (Å²) in [5.74, 6) is 0. The van der Waals surface area contributed by atoms with Crippen LogP contribution in [0.2, 0.25) is 0 Å². The van der Waals surface area contributed by atoms with Crippen LogP contribution in [0.25, 0.3) is 76.8 Å². The van der Waals surface area contributed by atoms with Gasteiger partial charge in [0.15, 0.2) is 0 Å². The van der Waals surface area contributed by atoms with Gasteiger partial charge in [0.05, 0.1) is 5.69 Å². The van der Waals surface area contributed by atoms with E-state index < -0.39 is 0 Å². The highest BCUT2D eigenvalue weighted by Crippen LogP contribution is 2.45. The predicted octanol–water partition coefficient (Wildman–Crippen LogP) is 15.3. The van der Waals surface area contributed by atoms with Crippen molar-refractivity contribution in [2.24, 2.45) is 0 Å². The predicted molar refractivity (Wildman–Crippen MR) is 235 cm³/mol. The number of rotatable bonds is 7. The van der Waals surface area contributed by atoms with E-state index in [0.29, 0.717) is 0 Å². The Balaban J connectivity index is 1.17. The zero-order valence-corrected chi connectivity index (χ0v) is 30.3. The van der Waals surface area contributed by atoms with Crippen molar-refractivity contribution in [3.63, 3.8) is 0 Å². The number of hydrogen-bond acceptors (Lipinski definition) is 1. The Kier molecular flexibility index (Phi) is 8.24. The lowest BCUT2D eigenvalue weighted by Crippen LogP contribution is -2.11. The molecule has 10 aromatic rings. The van der Waals surface area contributed by atoms with Gasteiger partial charge in [0.25, 0.3) is 0 Å². The second-order valence-electron chi connectivity index (χ2n) is 14.1. The average Bonchev–Trinajstić information content (AvgIpc) is 3.27. The fourth-order valence-electron chi connectivity index (χ4n) is 8.10. The minimum Gasteiger partial charge on any atom is -0.310 e. The van der Waals surface area contributed by atoms with Crippen molar-refractivity contribution < 1.29 is 0 Å². The molecular weight excluding hydrogens is 663 g/mol. The lowest BCUT2D eigenvalue weighted by Gasteiger charge is -2.29. The van der Waals surface area contributed by atoms with E-state index in [1.165, 1.54) is 76.8 Å². The summed E-state index contributed by atoms with van der Waals surface area (Å²) in [5.41, 5.74) is 12.9. The fourth-order valence-corrected chi connectivity index (χ4v) is 8.10. The largest absolute Gasteiger partial charge is 0.310 e. The Bertz CT molecular complexity index is 2960. The zero-order valence-electron chi connectivity index (χ0n) is 30.3. The smallest absolute Gasteiger partial charge is 0.0546 e. The van der Waals surface area contributed by atoms with Gasteiger partial charge < -0.3 is 4.90 Å². The van der Waals surface area contributed by atoms with E-state index in [-0.39, 0.29) is 0 Å². The molecule has 0 aliphatic heterocycles. The fraction of sp³-hybridized carbons (Fsp3) is 0. The molecule has 0 saturated heterocycles. The van der Waals surface area contributed by atoms with E-state index in [2.05, 4.69) is 229 Å². The van der Waals surface area contributed by atoms with Gasteiger partial charge in [-0.15, -0.1) is 0 Å². The van der Waals surface area contributed by atoms with Crippen LogP contribution in [0.4, 0.5) is 17.1 Å². The van der Waals surface area contributed by atoms with Crippen molar-refractivity contribution in [3.05, 3.63) is 224 Å². The van der Waals surface area contributed by atoms with Gasteiger partial charge in [-0.2, -0.15) is 0 Å². The highest BCUT2D eigenvalue weighted by atomic mass is 15.1. The maximum atomic E-state index is 2.44. The van der Waals surface area contributed by atoms with E-state index in [1.54, 1.807) is 0 Å². The van der Waals surface area contributed by atoms with Gasteiger partial charge in [0, 0.05) is 16.8 Å². The van der Waals surface area contributed by atoms with Gasteiger partial charge in [-0.1, -0.05) is 182 Å². The molecule has 0 unspecified atom stereocenters. The maximum absolute atomic E-state index is 2.44. The van der Waals surface area contributed by atoms with Crippen molar-refractivity contribution in [2.45, 2.75) is 0 Å². The minimum absolute atomic E-state index is 1.10. The molecule has 1 heteroatoms. The summed E-state index contributed by atoms with van der Waals surface area (Å²) in [5, 5.41) is 7.42. The third-order valence-electron chi connectivity index (χ3n) is 10.8. The van der Waals surface area contributed by atoms with Crippen LogP contribution in [-0.2, 0) is 0 Å². The van der Waals surface area contributed by atoms with Gasteiger partial charge in [-0.05, 0) is 114 Å². The molecule has 0 aliphatic rings. The summed E-state index contributed by atoms with van der Waals surface area (Å²) in [6.45, 7) is 0. The lowest BCUT2D eigenvalue weighted by molar-refractivity contribution is 1.30. The molecule has 0 fully saturated rings. The first-order chi connectivity index (χ1) is 27.3. The first kappa shape index (κ1) is 32.4. The van der Waals surface area contributed by atoms with Gasteiger partial charge in [-0.3, -0.25) is 0 Å². The molecule has 258 valence electrons. The standard InChI is InChI=1S/C54H37N/c1-3-14-38(15-4-1)43-21-13-22-45(35-43)50-33-32-48(37-53(50)41-17-5-2-6-18-41)55(54-36-46-20-9-10-23-49(46)51-24-11-12-25-52(51)54)47-30-28-40(29-31-47)44-27-26-39-16-7-8-19-42(39)34-44/h1-37H. The quantitative estimate of drug-likeness (QED) is 0.150. The molecule has 0 atom stereocenters. The summed E-state index contributed by atoms with van der Waals surface area (Å²) < 4.78 is 0. The molecule has 0 N–H and O–H groups in total. The molecule has 10 rings (SSSR count). The van der Waals surface area contributed by atoms with E-state index in [4.69, 9.17) is 0 Å². The summed E-state index contributed by atoms with van der Waals surface area (Å²) in [6, 6.07) is 81.6. The monoisotopic (exact) mass is 699 g/mol. The third-order valence-corrected chi connectivity index (χ3v) is 10.8. The second kappa shape index (κ2) is 14.0. The highest BCUT2D eigenvalue weighted by molar-refractivity contribution is 6.14. The van der Waals surface area contributed by atoms with Crippen molar-refractivity contribution in [2.75, 3.05) is 4.90 Å². The molecule has 0 aliphatic carbocycles. The summed E-state index contributed by atoms with van der Waals surface area (Å²) in [6.07, 6.45) is 0. The first-order valence-electron chi connectivity index (χ1n) is 18.9. The molecule has 0 spiro atoms. The molecule has 55 heavy (non-hydrogen) atoms. The zero-order chi connectivity index (χ0) is 36.6. The Morgan fingerprint density at radius 2 is 0.782 bits per heavy atom. The normalized spacial score (nSPS) is 11.3. The van der Waals surface area contributed by atoms with E-state index in [0.717, 1.165) is 17.1 Å². The summed E-state index contributed by atoms with van der Waals surface area (Å²) in [7, 11) is 0. The van der Waals surface area contributed by atoms with Crippen LogP contribution in [0.15, 0.2) is 224 Å². The van der Waals surface area contributed by atoms with Crippen LogP contribution in [0.1, 0.15) is 0 Å². The number of anilines is 3. The van der Waals surface area contributed by atoms with E-state index >= 15 is 0 Å². The van der Waals surface area contributed by atoms with Crippen LogP contribution in [0.5, 0.6) is 0 Å². The lowest BCUT2D eigenvalue weighted by atomic mass is 9.91. The molecular formula is C54H37N. The van der Waals surface area contributed by atoms with Crippen molar-refractivity contribution in [1.29, 1.82) is 0 Å². The molecule has 1 nitrogen and oxygen atoms in total. The first-order valence-corrected chi connectivity index (χ1v) is 18.9. The van der Waals surface area contributed by atoms with Crippen molar-refractivity contribution in [1.82, 2.24) is 0 Å². The van der Waals surface area contributed by atoms with Crippen LogP contribution >= 0.6 is 0 Å². The molecule has 0 saturated carbocycles. The van der Waals surface area contributed by atoms with Crippen LogP contribution in [-0.4, -0.2) is 0 Å². The number of fused-ring (bicyclic) bond motifs is 4. The molecule has 0 bridgehead atoms. The van der Waals surface area contributed by atoms with Gasteiger partial charge >= 0.3 is 0 Å². The van der Waals surface area contributed by atoms with Gasteiger partial charge in [-0.25, -0.2) is 0 Å². The highest BCUT2D eigenvalue weighted by Gasteiger charge is 2.20. The Morgan fingerprint density at radius 1 is 0.236 bits per heavy atom. The van der Waals surface area contributed by atoms with Crippen LogP contribution in [0.3, 0.4) is 0 Å². The molecule has 0 radical (unpaired) electrons. The Morgan fingerprint density at radius 3 is 1.56 bits per heavy atom. The second-order valence-corrected chi connectivity index (χ2v) is 14.1. The Labute approximate surface area is 322 Å². The average molecular weight is 700 g/mol. The van der Waals surface area contributed by atoms with E-state index in [1.807, 2.05) is 0 Å². The third kappa shape index (κ3) is 6.12. The van der Waals surface area contributed by atoms with Gasteiger partial charge in [0.1, 0.15) is 0 Å². The minimum atomic E-state index is 1.10. The van der Waals surface area contributed by atoms with Crippen molar-refractivity contribution in [3.8, 4) is 44.5 Å². The molecule has 0 heterocycles.